The van der Waals surface area contributed by atoms with E-state index in [9.17, 15) is 5.11 Å². The van der Waals surface area contributed by atoms with Crippen LogP contribution in [0, 0.1) is 5.41 Å². The molecule has 3 rings (SSSR count). The van der Waals surface area contributed by atoms with Crippen LogP contribution < -0.4 is 10.2 Å². The average Bonchev–Trinajstić information content (AvgIpc) is 3.03. The Morgan fingerprint density at radius 2 is 2.13 bits per heavy atom. The molecule has 0 aromatic heterocycles. The second-order valence-electron chi connectivity index (χ2n) is 6.47. The molecule has 23 heavy (non-hydrogen) atoms. The van der Waals surface area contributed by atoms with Crippen LogP contribution in [0.1, 0.15) is 25.3 Å². The standard InChI is InChI=1S/C18H27N3O2/c1-2-19-17(20-13-18(14-22)8-11-23-12-9-18)21-10-7-15-5-3-4-6-16(15)21/h3-6,22H,2,7-14H2,1H3,(H,19,20). The Morgan fingerprint density at radius 1 is 1.35 bits per heavy atom. The molecular weight excluding hydrogens is 290 g/mol. The largest absolute Gasteiger partial charge is 0.396 e. The van der Waals surface area contributed by atoms with Crippen molar-refractivity contribution in [3.63, 3.8) is 0 Å². The van der Waals surface area contributed by atoms with Gasteiger partial charge in [-0.05, 0) is 37.8 Å². The Kier molecular flexibility index (Phi) is 5.18. The molecule has 2 aliphatic rings. The van der Waals surface area contributed by atoms with E-state index in [4.69, 9.17) is 9.73 Å². The van der Waals surface area contributed by atoms with E-state index in [2.05, 4.69) is 41.4 Å². The highest BCUT2D eigenvalue weighted by molar-refractivity contribution is 5.98. The summed E-state index contributed by atoms with van der Waals surface area (Å²) in [7, 11) is 0. The van der Waals surface area contributed by atoms with Crippen LogP contribution in [-0.2, 0) is 11.2 Å². The molecule has 1 saturated heterocycles. The van der Waals surface area contributed by atoms with Crippen molar-refractivity contribution in [3.05, 3.63) is 29.8 Å². The smallest absolute Gasteiger partial charge is 0.198 e. The first kappa shape index (κ1) is 16.3. The first-order valence-electron chi connectivity index (χ1n) is 8.60. The Morgan fingerprint density at radius 3 is 2.87 bits per heavy atom. The summed E-state index contributed by atoms with van der Waals surface area (Å²) in [5.74, 6) is 0.928. The van der Waals surface area contributed by atoms with Gasteiger partial charge in [0, 0.05) is 37.4 Å². The van der Waals surface area contributed by atoms with Crippen molar-refractivity contribution < 1.29 is 9.84 Å². The van der Waals surface area contributed by atoms with Gasteiger partial charge in [-0.1, -0.05) is 18.2 Å². The van der Waals surface area contributed by atoms with Crippen molar-refractivity contribution in [3.8, 4) is 0 Å². The Labute approximate surface area is 138 Å². The maximum atomic E-state index is 9.85. The number of aliphatic imine (C=N–C) groups is 1. The van der Waals surface area contributed by atoms with E-state index in [0.29, 0.717) is 6.54 Å². The molecule has 0 bridgehead atoms. The number of aliphatic hydroxyl groups is 1. The van der Waals surface area contributed by atoms with E-state index in [-0.39, 0.29) is 12.0 Å². The summed E-state index contributed by atoms with van der Waals surface area (Å²) in [6, 6.07) is 8.52. The summed E-state index contributed by atoms with van der Waals surface area (Å²) in [6.07, 6.45) is 2.81. The second kappa shape index (κ2) is 7.32. The van der Waals surface area contributed by atoms with Crippen LogP contribution in [0.5, 0.6) is 0 Å². The molecular formula is C18H27N3O2. The van der Waals surface area contributed by atoms with Crippen molar-refractivity contribution in [2.75, 3.05) is 44.4 Å². The number of fused-ring (bicyclic) bond motifs is 1. The average molecular weight is 317 g/mol. The number of rotatable bonds is 4. The van der Waals surface area contributed by atoms with Gasteiger partial charge in [0.15, 0.2) is 5.96 Å². The van der Waals surface area contributed by atoms with E-state index < -0.39 is 0 Å². The molecule has 5 nitrogen and oxygen atoms in total. The zero-order chi connectivity index (χ0) is 16.1. The fraction of sp³-hybridized carbons (Fsp3) is 0.611. The third-order valence-electron chi connectivity index (χ3n) is 4.93. The summed E-state index contributed by atoms with van der Waals surface area (Å²) < 4.78 is 5.44. The lowest BCUT2D eigenvalue weighted by atomic mass is 9.81. The van der Waals surface area contributed by atoms with Crippen molar-refractivity contribution in [2.24, 2.45) is 10.4 Å². The number of para-hydroxylation sites is 1. The minimum absolute atomic E-state index is 0.127. The molecule has 1 fully saturated rings. The van der Waals surface area contributed by atoms with Crippen molar-refractivity contribution in [2.45, 2.75) is 26.2 Å². The number of anilines is 1. The molecule has 1 aromatic carbocycles. The van der Waals surface area contributed by atoms with Gasteiger partial charge in [0.1, 0.15) is 0 Å². The molecule has 0 aliphatic carbocycles. The molecule has 1 aromatic rings. The quantitative estimate of drug-likeness (QED) is 0.657. The zero-order valence-corrected chi connectivity index (χ0v) is 13.9. The molecule has 2 aliphatic heterocycles. The van der Waals surface area contributed by atoms with E-state index in [1.54, 1.807) is 0 Å². The van der Waals surface area contributed by atoms with Crippen LogP contribution in [-0.4, -0.2) is 50.5 Å². The Hall–Kier alpha value is -1.59. The highest BCUT2D eigenvalue weighted by Crippen LogP contribution is 2.31. The van der Waals surface area contributed by atoms with Crippen LogP contribution in [0.25, 0.3) is 0 Å². The SMILES string of the molecule is CCNC(=NCC1(CO)CCOCC1)N1CCc2ccccc21. The second-order valence-corrected chi connectivity index (χ2v) is 6.47. The van der Waals surface area contributed by atoms with Crippen molar-refractivity contribution >= 4 is 11.6 Å². The summed E-state index contributed by atoms with van der Waals surface area (Å²) in [6.45, 7) is 6.16. The van der Waals surface area contributed by atoms with E-state index in [0.717, 1.165) is 51.5 Å². The van der Waals surface area contributed by atoms with Gasteiger partial charge in [-0.25, -0.2) is 0 Å². The highest BCUT2D eigenvalue weighted by atomic mass is 16.5. The predicted molar refractivity (Wildman–Crippen MR) is 93.0 cm³/mol. The summed E-state index contributed by atoms with van der Waals surface area (Å²) in [5, 5.41) is 13.3. The maximum absolute atomic E-state index is 9.85. The fourth-order valence-corrected chi connectivity index (χ4v) is 3.37. The van der Waals surface area contributed by atoms with Crippen LogP contribution in [0.3, 0.4) is 0 Å². The zero-order valence-electron chi connectivity index (χ0n) is 13.9. The molecule has 0 spiro atoms. The predicted octanol–water partition coefficient (Wildman–Crippen LogP) is 1.80. The van der Waals surface area contributed by atoms with Crippen LogP contribution >= 0.6 is 0 Å². The number of hydrogen-bond donors (Lipinski definition) is 2. The lowest BCUT2D eigenvalue weighted by Crippen LogP contribution is -2.42. The molecule has 2 heterocycles. The van der Waals surface area contributed by atoms with Gasteiger partial charge in [-0.15, -0.1) is 0 Å². The molecule has 5 heteroatoms. The summed E-state index contributed by atoms with van der Waals surface area (Å²) >= 11 is 0. The van der Waals surface area contributed by atoms with Crippen molar-refractivity contribution in [1.82, 2.24) is 5.32 Å². The van der Waals surface area contributed by atoms with Gasteiger partial charge in [0.05, 0.1) is 13.2 Å². The molecule has 0 saturated carbocycles. The summed E-state index contributed by atoms with van der Waals surface area (Å²) in [5.41, 5.74) is 2.50. The number of nitrogens with zero attached hydrogens (tertiary/aromatic N) is 2. The highest BCUT2D eigenvalue weighted by Gasteiger charge is 2.32. The Balaban J connectivity index is 1.79. The molecule has 0 atom stereocenters. The minimum Gasteiger partial charge on any atom is -0.396 e. The molecule has 0 amide bonds. The molecule has 126 valence electrons. The van der Waals surface area contributed by atoms with E-state index in [1.807, 2.05) is 0 Å². The summed E-state index contributed by atoms with van der Waals surface area (Å²) in [4.78, 5) is 7.14. The number of guanidine groups is 1. The molecule has 2 N–H and O–H groups in total. The molecule has 0 unspecified atom stereocenters. The first-order valence-corrected chi connectivity index (χ1v) is 8.60. The van der Waals surface area contributed by atoms with Gasteiger partial charge in [0.2, 0.25) is 0 Å². The fourth-order valence-electron chi connectivity index (χ4n) is 3.37. The maximum Gasteiger partial charge on any atom is 0.198 e. The Bertz CT molecular complexity index is 553. The van der Waals surface area contributed by atoms with Crippen LogP contribution in [0.2, 0.25) is 0 Å². The van der Waals surface area contributed by atoms with Gasteiger partial charge in [-0.2, -0.15) is 0 Å². The third-order valence-corrected chi connectivity index (χ3v) is 4.93. The number of aliphatic hydroxyl groups excluding tert-OH is 1. The first-order chi connectivity index (χ1) is 11.3. The number of hydrogen-bond acceptors (Lipinski definition) is 3. The number of nitrogens with one attached hydrogen (secondary N) is 1. The van der Waals surface area contributed by atoms with Gasteiger partial charge >= 0.3 is 0 Å². The number of benzene rings is 1. The van der Waals surface area contributed by atoms with Crippen LogP contribution in [0.4, 0.5) is 5.69 Å². The lowest BCUT2D eigenvalue weighted by molar-refractivity contribution is -0.0106. The topological polar surface area (TPSA) is 57.1 Å². The van der Waals surface area contributed by atoms with E-state index in [1.165, 1.54) is 11.3 Å². The van der Waals surface area contributed by atoms with Gasteiger partial charge in [-0.3, -0.25) is 4.99 Å². The van der Waals surface area contributed by atoms with Gasteiger partial charge < -0.3 is 20.1 Å². The van der Waals surface area contributed by atoms with E-state index >= 15 is 0 Å². The third kappa shape index (κ3) is 3.51. The van der Waals surface area contributed by atoms with Gasteiger partial charge in [0.25, 0.3) is 0 Å². The van der Waals surface area contributed by atoms with Crippen LogP contribution in [0.15, 0.2) is 29.3 Å². The lowest BCUT2D eigenvalue weighted by Gasteiger charge is -2.34. The molecule has 0 radical (unpaired) electrons. The minimum atomic E-state index is -0.127. The normalized spacial score (nSPS) is 20.4. The monoisotopic (exact) mass is 317 g/mol. The number of ether oxygens (including phenoxy) is 1. The van der Waals surface area contributed by atoms with Crippen molar-refractivity contribution in [1.29, 1.82) is 0 Å².